The largest absolute Gasteiger partial charge is 0.378 e. The average Bonchev–Trinajstić information content (AvgIpc) is 2.89. The Balaban J connectivity index is 1.40. The average molecular weight is 557 g/mol. The van der Waals surface area contributed by atoms with Gasteiger partial charge in [0.2, 0.25) is 5.95 Å². The van der Waals surface area contributed by atoms with Gasteiger partial charge in [-0.25, -0.2) is 19.3 Å². The number of piperidine rings is 1. The number of hydrogen-bond donors (Lipinski definition) is 2. The Hall–Kier alpha value is -3.12. The summed E-state index contributed by atoms with van der Waals surface area (Å²) in [4.78, 5) is 22.5. The molecule has 0 aromatic carbocycles. The molecular weight excluding hydrogens is 519 g/mol. The summed E-state index contributed by atoms with van der Waals surface area (Å²) in [7, 11) is -1.00. The first kappa shape index (κ1) is 27.4. The maximum atomic E-state index is 14.4. The number of pyridine rings is 2. The van der Waals surface area contributed by atoms with Crippen LogP contribution in [0.15, 0.2) is 30.7 Å². The van der Waals surface area contributed by atoms with Crippen LogP contribution in [0.3, 0.4) is 0 Å². The first-order chi connectivity index (χ1) is 18.5. The van der Waals surface area contributed by atoms with E-state index in [-0.39, 0.29) is 24.4 Å². The highest BCUT2D eigenvalue weighted by Crippen LogP contribution is 2.38. The van der Waals surface area contributed by atoms with Gasteiger partial charge in [0.05, 0.1) is 12.6 Å². The van der Waals surface area contributed by atoms with Crippen LogP contribution in [-0.2, 0) is 14.5 Å². The van der Waals surface area contributed by atoms with Crippen molar-refractivity contribution < 1.29 is 13.3 Å². The van der Waals surface area contributed by atoms with Crippen molar-refractivity contribution in [3.05, 3.63) is 36.3 Å². The van der Waals surface area contributed by atoms with E-state index >= 15 is 0 Å². The second kappa shape index (κ2) is 10.8. The van der Waals surface area contributed by atoms with Crippen molar-refractivity contribution in [2.75, 3.05) is 53.9 Å². The molecule has 39 heavy (non-hydrogen) atoms. The van der Waals surface area contributed by atoms with Gasteiger partial charge in [0.15, 0.2) is 0 Å². The summed E-state index contributed by atoms with van der Waals surface area (Å²) >= 11 is 0. The highest BCUT2D eigenvalue weighted by Gasteiger charge is 2.38. The summed E-state index contributed by atoms with van der Waals surface area (Å²) in [5, 5.41) is 5.31. The highest BCUT2D eigenvalue weighted by molar-refractivity contribution is 7.91. The lowest BCUT2D eigenvalue weighted by Gasteiger charge is -2.47. The zero-order valence-electron chi connectivity index (χ0n) is 23.1. The van der Waals surface area contributed by atoms with E-state index in [1.807, 2.05) is 23.4 Å². The number of fused-ring (bicyclic) bond motifs is 1. The molecule has 0 saturated carbocycles. The molecule has 3 aromatic heterocycles. The number of nitrogens with one attached hydrogen (secondary N) is 2. The van der Waals surface area contributed by atoms with Crippen LogP contribution in [-0.4, -0.2) is 81.2 Å². The minimum absolute atomic E-state index is 0.145. The van der Waals surface area contributed by atoms with Crippen molar-refractivity contribution in [3.8, 4) is 0 Å². The molecule has 3 aromatic rings. The zero-order valence-corrected chi connectivity index (χ0v) is 23.9. The third-order valence-corrected chi connectivity index (χ3v) is 8.84. The van der Waals surface area contributed by atoms with Crippen molar-refractivity contribution in [2.24, 2.45) is 5.92 Å². The van der Waals surface area contributed by atoms with E-state index in [0.29, 0.717) is 36.3 Å². The fourth-order valence-electron chi connectivity index (χ4n) is 5.50. The molecule has 210 valence electrons. The predicted molar refractivity (Wildman–Crippen MR) is 153 cm³/mol. The number of nitrogens with zero attached hydrogens (tertiary/aromatic N) is 6. The molecule has 2 saturated heterocycles. The summed E-state index contributed by atoms with van der Waals surface area (Å²) in [5.41, 5.74) is 1.12. The lowest BCUT2D eigenvalue weighted by molar-refractivity contribution is 0.0194. The Kier molecular flexibility index (Phi) is 7.60. The Morgan fingerprint density at radius 2 is 2.00 bits per heavy atom. The van der Waals surface area contributed by atoms with Gasteiger partial charge in [-0.05, 0) is 42.3 Å². The number of alkyl halides is 1. The summed E-state index contributed by atoms with van der Waals surface area (Å²) in [6.07, 6.45) is 6.03. The normalized spacial score (nSPS) is 25.0. The maximum absolute atomic E-state index is 14.4. The van der Waals surface area contributed by atoms with Gasteiger partial charge in [0.25, 0.3) is 0 Å². The quantitative estimate of drug-likeness (QED) is 0.417. The summed E-state index contributed by atoms with van der Waals surface area (Å²) in [5.74, 6) is 3.41. The van der Waals surface area contributed by atoms with Gasteiger partial charge in [-0.15, -0.1) is 0 Å². The molecule has 2 aliphatic rings. The van der Waals surface area contributed by atoms with Crippen LogP contribution in [0.25, 0.3) is 10.8 Å². The third-order valence-electron chi connectivity index (χ3n) is 7.78. The van der Waals surface area contributed by atoms with Crippen molar-refractivity contribution >= 4 is 43.9 Å². The van der Waals surface area contributed by atoms with Gasteiger partial charge in [-0.1, -0.05) is 13.8 Å². The summed E-state index contributed by atoms with van der Waals surface area (Å²) in [6.45, 7) is 7.91. The van der Waals surface area contributed by atoms with Crippen LogP contribution in [0, 0.1) is 10.7 Å². The SMILES string of the molecule is CO[C@H]1CCN(c2nccc(Nc3cc4c(C(C)C)cnc(N5CC(C[S@](C)(=N)=O)[C@H]5C)c4cn3)n2)C[C@H]1F. The molecule has 5 rings (SSSR count). The molecule has 0 radical (unpaired) electrons. The van der Waals surface area contributed by atoms with E-state index < -0.39 is 22.0 Å². The number of aromatic nitrogens is 4. The molecule has 0 amide bonds. The number of hydrogen-bond acceptors (Lipinski definition) is 10. The van der Waals surface area contributed by atoms with Crippen LogP contribution in [0.2, 0.25) is 0 Å². The Morgan fingerprint density at radius 3 is 2.67 bits per heavy atom. The van der Waals surface area contributed by atoms with Gasteiger partial charge in [-0.2, -0.15) is 4.98 Å². The van der Waals surface area contributed by atoms with Crippen LogP contribution >= 0.6 is 0 Å². The molecule has 2 fully saturated rings. The van der Waals surface area contributed by atoms with Gasteiger partial charge in [0, 0.05) is 77.9 Å². The fraction of sp³-hybridized carbons (Fsp3) is 0.556. The number of ether oxygens (including phenoxy) is 1. The molecule has 10 nitrogen and oxygen atoms in total. The molecule has 1 unspecified atom stereocenters. The van der Waals surface area contributed by atoms with Crippen LogP contribution in [0.1, 0.15) is 38.7 Å². The van der Waals surface area contributed by atoms with E-state index in [1.54, 1.807) is 19.4 Å². The van der Waals surface area contributed by atoms with Gasteiger partial charge in [-0.3, -0.25) is 8.99 Å². The van der Waals surface area contributed by atoms with E-state index in [2.05, 4.69) is 45.9 Å². The minimum Gasteiger partial charge on any atom is -0.378 e. The van der Waals surface area contributed by atoms with Crippen molar-refractivity contribution in [1.82, 2.24) is 19.9 Å². The highest BCUT2D eigenvalue weighted by atomic mass is 32.2. The Morgan fingerprint density at radius 1 is 1.21 bits per heavy atom. The molecule has 0 spiro atoms. The number of halogens is 1. The summed E-state index contributed by atoms with van der Waals surface area (Å²) < 4.78 is 39.5. The van der Waals surface area contributed by atoms with Crippen molar-refractivity contribution in [2.45, 2.75) is 51.4 Å². The van der Waals surface area contributed by atoms with Gasteiger partial charge in [0.1, 0.15) is 23.6 Å². The Labute approximate surface area is 229 Å². The fourth-order valence-corrected chi connectivity index (χ4v) is 6.70. The number of rotatable bonds is 8. The monoisotopic (exact) mass is 556 g/mol. The smallest absolute Gasteiger partial charge is 0.227 e. The standard InChI is InChI=1S/C27H37FN8O2S/c1-16(2)20-11-32-26(36-13-18(17(36)3)15-39(5,29)37)21-12-31-25(10-19(20)21)33-24-6-8-30-27(34-24)35-9-7-23(38-4)22(28)14-35/h6,8,10-12,16-18,22-23,29H,7,9,13-15H2,1-5H3,(H,30,31,33,34)/t17-,18?,22-,23+,39-/m1/s1. The van der Waals surface area contributed by atoms with Crippen molar-refractivity contribution in [3.63, 3.8) is 0 Å². The molecular formula is C27H37FN8O2S. The van der Waals surface area contributed by atoms with Gasteiger partial charge >= 0.3 is 0 Å². The second-order valence-electron chi connectivity index (χ2n) is 11.0. The van der Waals surface area contributed by atoms with Gasteiger partial charge < -0.3 is 19.9 Å². The van der Waals surface area contributed by atoms with Crippen LogP contribution in [0.5, 0.6) is 0 Å². The van der Waals surface area contributed by atoms with E-state index in [0.717, 1.165) is 28.7 Å². The first-order valence-electron chi connectivity index (χ1n) is 13.3. The number of methoxy groups -OCH3 is 1. The molecule has 2 N–H and O–H groups in total. The molecule has 5 atom stereocenters. The van der Waals surface area contributed by atoms with E-state index in [1.165, 1.54) is 6.26 Å². The zero-order chi connectivity index (χ0) is 27.9. The third kappa shape index (κ3) is 5.76. The van der Waals surface area contributed by atoms with Crippen molar-refractivity contribution in [1.29, 1.82) is 4.78 Å². The minimum atomic E-state index is -2.54. The summed E-state index contributed by atoms with van der Waals surface area (Å²) in [6, 6.07) is 3.93. The molecule has 2 aliphatic heterocycles. The second-order valence-corrected chi connectivity index (χ2v) is 13.4. The maximum Gasteiger partial charge on any atom is 0.227 e. The van der Waals surface area contributed by atoms with Crippen LogP contribution in [0.4, 0.5) is 27.8 Å². The molecule has 0 bridgehead atoms. The van der Waals surface area contributed by atoms with E-state index in [9.17, 15) is 8.60 Å². The molecule has 12 heteroatoms. The lowest BCUT2D eigenvalue weighted by Crippen LogP contribution is -2.57. The topological polar surface area (TPSA) is 120 Å². The van der Waals surface area contributed by atoms with Crippen LogP contribution < -0.4 is 15.1 Å². The Bertz CT molecular complexity index is 1450. The lowest BCUT2D eigenvalue weighted by atomic mass is 9.90. The van der Waals surface area contributed by atoms with E-state index in [4.69, 9.17) is 14.5 Å². The predicted octanol–water partition coefficient (Wildman–Crippen LogP) is 4.35. The first-order valence-corrected chi connectivity index (χ1v) is 15.5. The number of anilines is 4. The molecule has 0 aliphatic carbocycles. The molecule has 5 heterocycles.